The minimum Gasteiger partial charge on any atom is -0.489 e. The van der Waals surface area contributed by atoms with Gasteiger partial charge in [0.05, 0.1) is 13.2 Å². The van der Waals surface area contributed by atoms with Gasteiger partial charge in [0.25, 0.3) is 0 Å². The fourth-order valence-corrected chi connectivity index (χ4v) is 4.00. The largest absolute Gasteiger partial charge is 0.489 e. The Hall–Kier alpha value is -2.78. The first-order valence-electron chi connectivity index (χ1n) is 12.7. The first-order chi connectivity index (χ1) is 16.4. The Bertz CT molecular complexity index is 930. The molecule has 0 radical (unpaired) electrons. The molecule has 0 saturated carbocycles. The van der Waals surface area contributed by atoms with E-state index in [9.17, 15) is 0 Å². The van der Waals surface area contributed by atoms with Crippen molar-refractivity contribution in [1.82, 2.24) is 5.32 Å². The molecule has 0 amide bonds. The molecule has 3 aromatic carbocycles. The van der Waals surface area contributed by atoms with Crippen LogP contribution in [0.2, 0.25) is 0 Å². The average molecular weight is 460 g/mol. The van der Waals surface area contributed by atoms with Crippen molar-refractivity contribution in [2.24, 2.45) is 11.8 Å². The molecule has 1 atom stereocenters. The van der Waals surface area contributed by atoms with E-state index < -0.39 is 0 Å². The molecule has 0 aliphatic heterocycles. The smallest absolute Gasteiger partial charge is 0.161 e. The predicted molar refractivity (Wildman–Crippen MR) is 143 cm³/mol. The van der Waals surface area contributed by atoms with Crippen LogP contribution in [0.25, 0.3) is 0 Å². The van der Waals surface area contributed by atoms with Crippen molar-refractivity contribution in [3.05, 3.63) is 95.6 Å². The lowest BCUT2D eigenvalue weighted by atomic mass is 9.88. The molecule has 0 fully saturated rings. The van der Waals surface area contributed by atoms with Crippen LogP contribution >= 0.6 is 0 Å². The maximum atomic E-state index is 6.13. The van der Waals surface area contributed by atoms with Crippen molar-refractivity contribution in [3.63, 3.8) is 0 Å². The molecule has 0 bridgehead atoms. The topological polar surface area (TPSA) is 30.5 Å². The van der Waals surface area contributed by atoms with E-state index in [1.165, 1.54) is 16.7 Å². The van der Waals surface area contributed by atoms with Gasteiger partial charge in [-0.25, -0.2) is 0 Å². The standard InChI is InChI=1S/C31H41NO2/c1-23(2)21-33-30-17-16-28(20-31(30)34-22-24(3)4)25(5)32-19-18-29(26-12-8-6-9-13-26)27-14-10-7-11-15-27/h6-17,20,23-25,29,32H,18-19,21-22H2,1-5H3. The second-order valence-electron chi connectivity index (χ2n) is 9.95. The van der Waals surface area contributed by atoms with Crippen molar-refractivity contribution in [1.29, 1.82) is 0 Å². The first kappa shape index (κ1) is 25.8. The van der Waals surface area contributed by atoms with Gasteiger partial charge >= 0.3 is 0 Å². The van der Waals surface area contributed by atoms with Crippen LogP contribution in [0, 0.1) is 11.8 Å². The zero-order valence-electron chi connectivity index (χ0n) is 21.5. The zero-order valence-corrected chi connectivity index (χ0v) is 21.5. The number of hydrogen-bond donors (Lipinski definition) is 1. The minimum atomic E-state index is 0.216. The highest BCUT2D eigenvalue weighted by Crippen LogP contribution is 2.32. The third-order valence-electron chi connectivity index (χ3n) is 5.90. The molecule has 3 rings (SSSR count). The Morgan fingerprint density at radius 2 is 1.15 bits per heavy atom. The maximum Gasteiger partial charge on any atom is 0.161 e. The van der Waals surface area contributed by atoms with Crippen molar-refractivity contribution in [3.8, 4) is 11.5 Å². The molecule has 0 spiro atoms. The highest BCUT2D eigenvalue weighted by atomic mass is 16.5. The molecule has 0 heterocycles. The van der Waals surface area contributed by atoms with Crippen molar-refractivity contribution >= 4 is 0 Å². The summed E-state index contributed by atoms with van der Waals surface area (Å²) in [6.07, 6.45) is 1.03. The predicted octanol–water partition coefficient (Wildman–Crippen LogP) is 7.63. The van der Waals surface area contributed by atoms with E-state index in [1.54, 1.807) is 0 Å². The summed E-state index contributed by atoms with van der Waals surface area (Å²) < 4.78 is 12.2. The Morgan fingerprint density at radius 1 is 0.618 bits per heavy atom. The third kappa shape index (κ3) is 7.92. The van der Waals surface area contributed by atoms with Gasteiger partial charge < -0.3 is 14.8 Å². The minimum absolute atomic E-state index is 0.216. The molecule has 3 nitrogen and oxygen atoms in total. The number of hydrogen-bond acceptors (Lipinski definition) is 3. The van der Waals surface area contributed by atoms with Crippen LogP contribution in [0.3, 0.4) is 0 Å². The molecular formula is C31H41NO2. The van der Waals surface area contributed by atoms with Crippen LogP contribution in [-0.4, -0.2) is 19.8 Å². The van der Waals surface area contributed by atoms with Gasteiger partial charge in [0.15, 0.2) is 11.5 Å². The third-order valence-corrected chi connectivity index (χ3v) is 5.90. The summed E-state index contributed by atoms with van der Waals surface area (Å²) in [5.74, 6) is 2.98. The van der Waals surface area contributed by atoms with Gasteiger partial charge in [0.1, 0.15) is 0 Å². The lowest BCUT2D eigenvalue weighted by molar-refractivity contribution is 0.229. The zero-order chi connectivity index (χ0) is 24.3. The van der Waals surface area contributed by atoms with Crippen molar-refractivity contribution < 1.29 is 9.47 Å². The summed E-state index contributed by atoms with van der Waals surface area (Å²) in [6, 6.07) is 28.2. The van der Waals surface area contributed by atoms with E-state index in [4.69, 9.17) is 9.47 Å². The Kier molecular flexibility index (Phi) is 10.0. The summed E-state index contributed by atoms with van der Waals surface area (Å²) in [5, 5.41) is 3.73. The molecule has 0 saturated heterocycles. The molecule has 182 valence electrons. The molecule has 3 aromatic rings. The molecule has 1 unspecified atom stereocenters. The van der Waals surface area contributed by atoms with E-state index >= 15 is 0 Å². The van der Waals surface area contributed by atoms with E-state index in [0.717, 1.165) is 24.5 Å². The maximum absolute atomic E-state index is 6.13. The molecular weight excluding hydrogens is 418 g/mol. The summed E-state index contributed by atoms with van der Waals surface area (Å²) >= 11 is 0. The number of rotatable bonds is 13. The van der Waals surface area contributed by atoms with E-state index in [1.807, 2.05) is 0 Å². The van der Waals surface area contributed by atoms with Crippen LogP contribution in [-0.2, 0) is 0 Å². The quantitative estimate of drug-likeness (QED) is 0.285. The van der Waals surface area contributed by atoms with Crippen LogP contribution < -0.4 is 14.8 Å². The average Bonchev–Trinajstić information content (AvgIpc) is 2.85. The molecule has 0 aromatic heterocycles. The molecule has 0 aliphatic carbocycles. The molecule has 1 N–H and O–H groups in total. The lowest BCUT2D eigenvalue weighted by Gasteiger charge is -2.22. The highest BCUT2D eigenvalue weighted by molar-refractivity contribution is 5.44. The Labute approximate surface area is 206 Å². The second-order valence-corrected chi connectivity index (χ2v) is 9.95. The van der Waals surface area contributed by atoms with Crippen molar-refractivity contribution in [2.75, 3.05) is 19.8 Å². The second kappa shape index (κ2) is 13.2. The number of ether oxygens (including phenoxy) is 2. The SMILES string of the molecule is CC(C)COc1ccc(C(C)NCCC(c2ccccc2)c2ccccc2)cc1OCC(C)C. The molecule has 0 aliphatic rings. The van der Waals surface area contributed by atoms with E-state index in [2.05, 4.69) is 119 Å². The summed E-state index contributed by atoms with van der Waals surface area (Å²) in [7, 11) is 0. The fourth-order valence-electron chi connectivity index (χ4n) is 4.00. The van der Waals surface area contributed by atoms with E-state index in [-0.39, 0.29) is 6.04 Å². The summed E-state index contributed by atoms with van der Waals surface area (Å²) in [6.45, 7) is 13.2. The molecule has 3 heteroatoms. The summed E-state index contributed by atoms with van der Waals surface area (Å²) in [5.41, 5.74) is 3.94. The molecule has 34 heavy (non-hydrogen) atoms. The van der Waals surface area contributed by atoms with Crippen molar-refractivity contribution in [2.45, 2.75) is 53.0 Å². The first-order valence-corrected chi connectivity index (χ1v) is 12.7. The van der Waals surface area contributed by atoms with Gasteiger partial charge in [0, 0.05) is 12.0 Å². The number of benzene rings is 3. The number of nitrogens with one attached hydrogen (secondary N) is 1. The lowest BCUT2D eigenvalue weighted by Crippen LogP contribution is -2.22. The Balaban J connectivity index is 1.67. The fraction of sp³-hybridized carbons (Fsp3) is 0.419. The highest BCUT2D eigenvalue weighted by Gasteiger charge is 2.16. The van der Waals surface area contributed by atoms with Crippen LogP contribution in [0.4, 0.5) is 0 Å². The van der Waals surface area contributed by atoms with Crippen LogP contribution in [0.15, 0.2) is 78.9 Å². The van der Waals surface area contributed by atoms with Gasteiger partial charge in [-0.1, -0.05) is 94.4 Å². The van der Waals surface area contributed by atoms with E-state index in [0.29, 0.717) is 31.0 Å². The van der Waals surface area contributed by atoms with Gasteiger partial charge in [-0.15, -0.1) is 0 Å². The van der Waals surface area contributed by atoms with Gasteiger partial charge in [-0.05, 0) is 60.5 Å². The normalized spacial score (nSPS) is 12.4. The Morgan fingerprint density at radius 3 is 1.68 bits per heavy atom. The van der Waals surface area contributed by atoms with Gasteiger partial charge in [0.2, 0.25) is 0 Å². The van der Waals surface area contributed by atoms with Crippen LogP contribution in [0.1, 0.15) is 69.7 Å². The van der Waals surface area contributed by atoms with Gasteiger partial charge in [-0.2, -0.15) is 0 Å². The summed E-state index contributed by atoms with van der Waals surface area (Å²) in [4.78, 5) is 0. The monoisotopic (exact) mass is 459 g/mol. The van der Waals surface area contributed by atoms with Crippen LogP contribution in [0.5, 0.6) is 11.5 Å². The van der Waals surface area contributed by atoms with Gasteiger partial charge in [-0.3, -0.25) is 0 Å².